The van der Waals surface area contributed by atoms with Gasteiger partial charge in [-0.2, -0.15) is 0 Å². The maximum absolute atomic E-state index is 9.46. The van der Waals surface area contributed by atoms with Crippen LogP contribution in [0.3, 0.4) is 0 Å². The van der Waals surface area contributed by atoms with Crippen molar-refractivity contribution in [1.82, 2.24) is 4.90 Å². The Labute approximate surface area is 80.4 Å². The minimum Gasteiger partial charge on any atom is -0.395 e. The standard InChI is InChI=1S/C10H21NO2/c1-7-4-5-11(10(7)6-12)8(2)9(3)13/h7-10,12-13H,4-6H2,1-3H3. The van der Waals surface area contributed by atoms with Gasteiger partial charge in [0.1, 0.15) is 0 Å². The predicted octanol–water partition coefficient (Wildman–Crippen LogP) is 0.458. The summed E-state index contributed by atoms with van der Waals surface area (Å²) in [6.07, 6.45) is 0.807. The maximum Gasteiger partial charge on any atom is 0.0664 e. The molecule has 13 heavy (non-hydrogen) atoms. The van der Waals surface area contributed by atoms with Crippen LogP contribution < -0.4 is 0 Å². The monoisotopic (exact) mass is 187 g/mol. The summed E-state index contributed by atoms with van der Waals surface area (Å²) in [6, 6.07) is 0.395. The van der Waals surface area contributed by atoms with Crippen LogP contribution in [0.5, 0.6) is 0 Å². The van der Waals surface area contributed by atoms with Gasteiger partial charge in [-0.05, 0) is 32.7 Å². The molecule has 0 saturated carbocycles. The Morgan fingerprint density at radius 2 is 2.08 bits per heavy atom. The first-order valence-corrected chi connectivity index (χ1v) is 5.12. The minimum absolute atomic E-state index is 0.155. The lowest BCUT2D eigenvalue weighted by atomic mass is 10.0. The van der Waals surface area contributed by atoms with Crippen molar-refractivity contribution in [1.29, 1.82) is 0 Å². The zero-order valence-corrected chi connectivity index (χ0v) is 8.77. The van der Waals surface area contributed by atoms with Crippen molar-refractivity contribution in [3.05, 3.63) is 0 Å². The lowest BCUT2D eigenvalue weighted by molar-refractivity contribution is 0.0382. The van der Waals surface area contributed by atoms with Gasteiger partial charge in [-0.15, -0.1) is 0 Å². The van der Waals surface area contributed by atoms with Gasteiger partial charge in [0, 0.05) is 12.1 Å². The van der Waals surface area contributed by atoms with Gasteiger partial charge < -0.3 is 10.2 Å². The van der Waals surface area contributed by atoms with Crippen molar-refractivity contribution >= 4 is 0 Å². The Hall–Kier alpha value is -0.120. The Bertz CT molecular complexity index is 161. The van der Waals surface area contributed by atoms with Gasteiger partial charge in [-0.1, -0.05) is 6.92 Å². The fourth-order valence-electron chi connectivity index (χ4n) is 2.11. The Morgan fingerprint density at radius 3 is 2.54 bits per heavy atom. The van der Waals surface area contributed by atoms with Crippen molar-refractivity contribution < 1.29 is 10.2 Å². The zero-order chi connectivity index (χ0) is 10.0. The van der Waals surface area contributed by atoms with Crippen molar-refractivity contribution in [2.24, 2.45) is 5.92 Å². The summed E-state index contributed by atoms with van der Waals surface area (Å²) < 4.78 is 0. The predicted molar refractivity (Wildman–Crippen MR) is 52.5 cm³/mol. The molecule has 1 saturated heterocycles. The van der Waals surface area contributed by atoms with Gasteiger partial charge in [0.15, 0.2) is 0 Å². The highest BCUT2D eigenvalue weighted by atomic mass is 16.3. The molecule has 0 aromatic heterocycles. The number of nitrogens with zero attached hydrogens (tertiary/aromatic N) is 1. The van der Waals surface area contributed by atoms with Gasteiger partial charge in [-0.25, -0.2) is 0 Å². The van der Waals surface area contributed by atoms with Gasteiger partial charge in [-0.3, -0.25) is 4.90 Å². The van der Waals surface area contributed by atoms with E-state index in [-0.39, 0.29) is 24.8 Å². The van der Waals surface area contributed by atoms with E-state index in [9.17, 15) is 10.2 Å². The highest BCUT2D eigenvalue weighted by Gasteiger charge is 2.34. The average Bonchev–Trinajstić information content (AvgIpc) is 2.45. The van der Waals surface area contributed by atoms with Crippen LogP contribution in [0.25, 0.3) is 0 Å². The third-order valence-electron chi connectivity index (χ3n) is 3.33. The molecule has 1 fully saturated rings. The number of aliphatic hydroxyl groups is 2. The van der Waals surface area contributed by atoms with Crippen molar-refractivity contribution in [2.75, 3.05) is 13.2 Å². The van der Waals surface area contributed by atoms with E-state index >= 15 is 0 Å². The molecule has 0 radical (unpaired) electrons. The summed E-state index contributed by atoms with van der Waals surface area (Å²) in [7, 11) is 0. The smallest absolute Gasteiger partial charge is 0.0664 e. The molecular weight excluding hydrogens is 166 g/mol. The molecule has 0 amide bonds. The van der Waals surface area contributed by atoms with E-state index in [2.05, 4.69) is 11.8 Å². The third kappa shape index (κ3) is 2.22. The van der Waals surface area contributed by atoms with Crippen LogP contribution in [0.1, 0.15) is 27.2 Å². The molecule has 4 atom stereocenters. The Balaban J connectivity index is 2.59. The molecular formula is C10H21NO2. The summed E-state index contributed by atoms with van der Waals surface area (Å²) in [5.41, 5.74) is 0. The molecule has 0 aromatic rings. The Kier molecular flexibility index (Phi) is 3.71. The molecule has 0 aromatic carbocycles. The molecule has 0 aliphatic carbocycles. The third-order valence-corrected chi connectivity index (χ3v) is 3.33. The second-order valence-electron chi connectivity index (χ2n) is 4.23. The lowest BCUT2D eigenvalue weighted by Crippen LogP contribution is -2.45. The lowest BCUT2D eigenvalue weighted by Gasteiger charge is -2.32. The molecule has 1 aliphatic heterocycles. The molecule has 3 nitrogen and oxygen atoms in total. The number of hydrogen-bond acceptors (Lipinski definition) is 3. The fourth-order valence-corrected chi connectivity index (χ4v) is 2.11. The van der Waals surface area contributed by atoms with Crippen molar-refractivity contribution in [2.45, 2.75) is 45.4 Å². The number of rotatable bonds is 3. The SMILES string of the molecule is CC(O)C(C)N1CCC(C)C1CO. The first kappa shape index (κ1) is 11.0. The van der Waals surface area contributed by atoms with Crippen molar-refractivity contribution in [3.63, 3.8) is 0 Å². The van der Waals surface area contributed by atoms with Gasteiger partial charge in [0.05, 0.1) is 12.7 Å². The number of aliphatic hydroxyl groups excluding tert-OH is 2. The van der Waals surface area contributed by atoms with E-state index in [0.717, 1.165) is 13.0 Å². The van der Waals surface area contributed by atoms with Gasteiger partial charge in [0.25, 0.3) is 0 Å². The van der Waals surface area contributed by atoms with E-state index in [0.29, 0.717) is 5.92 Å². The molecule has 0 bridgehead atoms. The van der Waals surface area contributed by atoms with Gasteiger partial charge >= 0.3 is 0 Å². The molecule has 1 rings (SSSR count). The second kappa shape index (κ2) is 4.40. The van der Waals surface area contributed by atoms with Crippen LogP contribution in [0.4, 0.5) is 0 Å². The Morgan fingerprint density at radius 1 is 1.46 bits per heavy atom. The normalized spacial score (nSPS) is 34.8. The fraction of sp³-hybridized carbons (Fsp3) is 1.00. The summed E-state index contributed by atoms with van der Waals surface area (Å²) in [6.45, 7) is 7.19. The second-order valence-corrected chi connectivity index (χ2v) is 4.23. The van der Waals surface area contributed by atoms with Crippen LogP contribution >= 0.6 is 0 Å². The first-order chi connectivity index (χ1) is 6.07. The van der Waals surface area contributed by atoms with E-state index < -0.39 is 0 Å². The van der Waals surface area contributed by atoms with E-state index in [1.54, 1.807) is 0 Å². The molecule has 1 heterocycles. The average molecular weight is 187 g/mol. The summed E-state index contributed by atoms with van der Waals surface area (Å²) in [5.74, 6) is 0.547. The van der Waals surface area contributed by atoms with Gasteiger partial charge in [0.2, 0.25) is 0 Å². The molecule has 4 unspecified atom stereocenters. The zero-order valence-electron chi connectivity index (χ0n) is 8.77. The van der Waals surface area contributed by atoms with Crippen LogP contribution in [-0.2, 0) is 0 Å². The van der Waals surface area contributed by atoms with Crippen LogP contribution in [0.2, 0.25) is 0 Å². The largest absolute Gasteiger partial charge is 0.395 e. The highest BCUT2D eigenvalue weighted by molar-refractivity contribution is 4.88. The molecule has 78 valence electrons. The molecule has 0 spiro atoms. The highest BCUT2D eigenvalue weighted by Crippen LogP contribution is 2.26. The topological polar surface area (TPSA) is 43.7 Å². The quantitative estimate of drug-likeness (QED) is 0.674. The van der Waals surface area contributed by atoms with Crippen LogP contribution in [0, 0.1) is 5.92 Å². The summed E-state index contributed by atoms with van der Waals surface area (Å²) in [4.78, 5) is 2.22. The van der Waals surface area contributed by atoms with Crippen LogP contribution in [0.15, 0.2) is 0 Å². The van der Waals surface area contributed by atoms with Crippen LogP contribution in [-0.4, -0.2) is 46.5 Å². The summed E-state index contributed by atoms with van der Waals surface area (Å²) in [5, 5.41) is 18.7. The number of hydrogen-bond donors (Lipinski definition) is 2. The minimum atomic E-state index is -0.320. The maximum atomic E-state index is 9.46. The van der Waals surface area contributed by atoms with E-state index in [1.807, 2.05) is 13.8 Å². The molecule has 3 heteroatoms. The van der Waals surface area contributed by atoms with E-state index in [1.165, 1.54) is 0 Å². The van der Waals surface area contributed by atoms with Crippen molar-refractivity contribution in [3.8, 4) is 0 Å². The molecule has 1 aliphatic rings. The van der Waals surface area contributed by atoms with E-state index in [4.69, 9.17) is 0 Å². The molecule has 2 N–H and O–H groups in total. The summed E-state index contributed by atoms with van der Waals surface area (Å²) >= 11 is 0. The first-order valence-electron chi connectivity index (χ1n) is 5.12. The number of likely N-dealkylation sites (tertiary alicyclic amines) is 1.